The van der Waals surface area contributed by atoms with E-state index in [0.29, 0.717) is 17.5 Å². The van der Waals surface area contributed by atoms with Gasteiger partial charge < -0.3 is 4.90 Å². The maximum absolute atomic E-state index is 12.3. The second-order valence-corrected chi connectivity index (χ2v) is 7.42. The van der Waals surface area contributed by atoms with Crippen molar-refractivity contribution in [3.63, 3.8) is 0 Å². The van der Waals surface area contributed by atoms with E-state index in [0.717, 1.165) is 32.7 Å². The summed E-state index contributed by atoms with van der Waals surface area (Å²) in [6.07, 6.45) is 1.87. The highest BCUT2D eigenvalue weighted by Crippen LogP contribution is 2.32. The Kier molecular flexibility index (Phi) is 3.48. The molecule has 2 aliphatic rings. The number of fused-ring (bicyclic) bond motifs is 1. The van der Waals surface area contributed by atoms with E-state index >= 15 is 0 Å². The Morgan fingerprint density at radius 1 is 1.24 bits per heavy atom. The van der Waals surface area contributed by atoms with Crippen molar-refractivity contribution in [2.75, 3.05) is 26.2 Å². The van der Waals surface area contributed by atoms with Crippen LogP contribution in [0.25, 0.3) is 0 Å². The molecule has 2 unspecified atom stereocenters. The third kappa shape index (κ3) is 2.61. The molecule has 2 aliphatic heterocycles. The van der Waals surface area contributed by atoms with Gasteiger partial charge in [0.1, 0.15) is 10.7 Å². The van der Waals surface area contributed by atoms with Gasteiger partial charge in [0, 0.05) is 43.1 Å². The van der Waals surface area contributed by atoms with E-state index in [1.165, 1.54) is 16.3 Å². The Balaban J connectivity index is 1.36. The fraction of sp³-hybridized carbons (Fsp3) is 0.500. The fourth-order valence-corrected chi connectivity index (χ4v) is 4.57. The zero-order valence-corrected chi connectivity index (χ0v) is 13.1. The van der Waals surface area contributed by atoms with Gasteiger partial charge >= 0.3 is 0 Å². The first-order chi connectivity index (χ1) is 10.3. The summed E-state index contributed by atoms with van der Waals surface area (Å²) in [5.41, 5.74) is 2.32. The summed E-state index contributed by atoms with van der Waals surface area (Å²) in [4.78, 5) is 25.3. The minimum atomic E-state index is 0.0946. The first-order valence-electron chi connectivity index (χ1n) is 7.08. The van der Waals surface area contributed by atoms with Crippen molar-refractivity contribution in [1.82, 2.24) is 19.8 Å². The SMILES string of the molecule is O=C(c1cscn1)N1CC2CN(Cc3nccs3)CC2C1. The van der Waals surface area contributed by atoms with Crippen LogP contribution in [0.1, 0.15) is 15.5 Å². The molecule has 110 valence electrons. The molecule has 0 bridgehead atoms. The van der Waals surface area contributed by atoms with Gasteiger partial charge in [0.15, 0.2) is 0 Å². The normalized spacial score (nSPS) is 25.4. The van der Waals surface area contributed by atoms with Crippen LogP contribution in [-0.2, 0) is 6.54 Å². The smallest absolute Gasteiger partial charge is 0.273 e. The summed E-state index contributed by atoms with van der Waals surface area (Å²) in [7, 11) is 0. The second kappa shape index (κ2) is 5.47. The lowest BCUT2D eigenvalue weighted by atomic mass is 10.0. The number of amides is 1. The number of carbonyl (C=O) groups is 1. The van der Waals surface area contributed by atoms with Crippen molar-refractivity contribution >= 4 is 28.6 Å². The number of likely N-dealkylation sites (tertiary alicyclic amines) is 2. The van der Waals surface area contributed by atoms with E-state index in [-0.39, 0.29) is 5.91 Å². The Morgan fingerprint density at radius 2 is 2.05 bits per heavy atom. The molecule has 7 heteroatoms. The lowest BCUT2D eigenvalue weighted by molar-refractivity contribution is 0.0768. The molecule has 2 aromatic heterocycles. The summed E-state index contributed by atoms with van der Waals surface area (Å²) >= 11 is 3.20. The average molecular weight is 320 g/mol. The van der Waals surface area contributed by atoms with Gasteiger partial charge in [0.2, 0.25) is 0 Å². The molecule has 4 heterocycles. The summed E-state index contributed by atoms with van der Waals surface area (Å²) in [6.45, 7) is 4.84. The highest BCUT2D eigenvalue weighted by atomic mass is 32.1. The van der Waals surface area contributed by atoms with Crippen LogP contribution in [0.2, 0.25) is 0 Å². The van der Waals surface area contributed by atoms with E-state index < -0.39 is 0 Å². The predicted molar refractivity (Wildman–Crippen MR) is 82.4 cm³/mol. The van der Waals surface area contributed by atoms with Crippen molar-refractivity contribution in [2.24, 2.45) is 11.8 Å². The van der Waals surface area contributed by atoms with Crippen molar-refractivity contribution < 1.29 is 4.79 Å². The molecule has 0 aliphatic carbocycles. The number of hydrogen-bond acceptors (Lipinski definition) is 6. The summed E-state index contributed by atoms with van der Waals surface area (Å²) in [5, 5.41) is 5.05. The van der Waals surface area contributed by atoms with Gasteiger partial charge in [0.25, 0.3) is 5.91 Å². The fourth-order valence-electron chi connectivity index (χ4n) is 3.39. The number of thiazole rings is 2. The van der Waals surface area contributed by atoms with Crippen molar-refractivity contribution in [3.05, 3.63) is 33.2 Å². The number of carbonyl (C=O) groups excluding carboxylic acids is 1. The Bertz CT molecular complexity index is 599. The molecule has 5 nitrogen and oxygen atoms in total. The number of rotatable bonds is 3. The molecule has 0 radical (unpaired) electrons. The van der Waals surface area contributed by atoms with Crippen molar-refractivity contribution in [1.29, 1.82) is 0 Å². The van der Waals surface area contributed by atoms with Gasteiger partial charge in [-0.05, 0) is 11.8 Å². The molecular weight excluding hydrogens is 304 g/mol. The zero-order chi connectivity index (χ0) is 14.2. The lowest BCUT2D eigenvalue weighted by Crippen LogP contribution is -2.33. The standard InChI is InChI=1S/C14H16N4OS2/c19-14(12-8-20-9-16-12)18-5-10-3-17(4-11(10)6-18)7-13-15-1-2-21-13/h1-2,8-11H,3-7H2. The molecule has 2 saturated heterocycles. The quantitative estimate of drug-likeness (QED) is 0.865. The summed E-state index contributed by atoms with van der Waals surface area (Å²) < 4.78 is 0. The minimum Gasteiger partial charge on any atom is -0.337 e. The Labute approximate surface area is 131 Å². The van der Waals surface area contributed by atoms with Crippen LogP contribution in [0, 0.1) is 11.8 Å². The van der Waals surface area contributed by atoms with Gasteiger partial charge in [-0.2, -0.15) is 0 Å². The van der Waals surface area contributed by atoms with E-state index in [9.17, 15) is 4.79 Å². The second-order valence-electron chi connectivity index (χ2n) is 5.72. The molecule has 2 aromatic rings. The molecule has 21 heavy (non-hydrogen) atoms. The van der Waals surface area contributed by atoms with Crippen LogP contribution in [0.3, 0.4) is 0 Å². The predicted octanol–water partition coefficient (Wildman–Crippen LogP) is 1.80. The van der Waals surface area contributed by atoms with Gasteiger partial charge in [-0.15, -0.1) is 22.7 Å². The Hall–Kier alpha value is -1.31. The first kappa shape index (κ1) is 13.4. The van der Waals surface area contributed by atoms with E-state index in [1.54, 1.807) is 16.8 Å². The summed E-state index contributed by atoms with van der Waals surface area (Å²) in [5.74, 6) is 1.30. The van der Waals surface area contributed by atoms with Crippen LogP contribution in [0.5, 0.6) is 0 Å². The van der Waals surface area contributed by atoms with Crippen LogP contribution in [-0.4, -0.2) is 51.9 Å². The van der Waals surface area contributed by atoms with E-state index in [4.69, 9.17) is 0 Å². The molecule has 4 rings (SSSR count). The lowest BCUT2D eigenvalue weighted by Gasteiger charge is -2.20. The molecule has 0 spiro atoms. The van der Waals surface area contributed by atoms with Crippen LogP contribution in [0.15, 0.2) is 22.5 Å². The minimum absolute atomic E-state index is 0.0946. The van der Waals surface area contributed by atoms with Crippen LogP contribution < -0.4 is 0 Å². The van der Waals surface area contributed by atoms with E-state index in [2.05, 4.69) is 14.9 Å². The third-order valence-electron chi connectivity index (χ3n) is 4.34. The maximum Gasteiger partial charge on any atom is 0.273 e. The van der Waals surface area contributed by atoms with Gasteiger partial charge in [-0.3, -0.25) is 9.69 Å². The van der Waals surface area contributed by atoms with Gasteiger partial charge in [0.05, 0.1) is 12.1 Å². The topological polar surface area (TPSA) is 49.3 Å². The van der Waals surface area contributed by atoms with E-state index in [1.807, 2.05) is 21.9 Å². The highest BCUT2D eigenvalue weighted by Gasteiger charge is 2.41. The highest BCUT2D eigenvalue weighted by molar-refractivity contribution is 7.09. The number of hydrogen-bond donors (Lipinski definition) is 0. The first-order valence-corrected chi connectivity index (χ1v) is 8.90. The molecule has 2 atom stereocenters. The molecular formula is C14H16N4OS2. The maximum atomic E-state index is 12.3. The molecule has 0 N–H and O–H groups in total. The summed E-state index contributed by atoms with van der Waals surface area (Å²) in [6, 6.07) is 0. The van der Waals surface area contributed by atoms with Gasteiger partial charge in [-0.25, -0.2) is 9.97 Å². The average Bonchev–Trinajstić information content (AvgIpc) is 3.23. The number of nitrogens with zero attached hydrogens (tertiary/aromatic N) is 4. The monoisotopic (exact) mass is 320 g/mol. The molecule has 2 fully saturated rings. The van der Waals surface area contributed by atoms with Crippen LogP contribution >= 0.6 is 22.7 Å². The molecule has 1 amide bonds. The molecule has 0 saturated carbocycles. The van der Waals surface area contributed by atoms with Crippen molar-refractivity contribution in [2.45, 2.75) is 6.54 Å². The largest absolute Gasteiger partial charge is 0.337 e. The van der Waals surface area contributed by atoms with Gasteiger partial charge in [-0.1, -0.05) is 0 Å². The van der Waals surface area contributed by atoms with Crippen LogP contribution in [0.4, 0.5) is 0 Å². The third-order valence-corrected chi connectivity index (χ3v) is 5.69. The zero-order valence-electron chi connectivity index (χ0n) is 11.5. The molecule has 0 aromatic carbocycles. The van der Waals surface area contributed by atoms with Crippen molar-refractivity contribution in [3.8, 4) is 0 Å². The number of aromatic nitrogens is 2. The Morgan fingerprint density at radius 3 is 2.67 bits per heavy atom.